The van der Waals surface area contributed by atoms with Crippen LogP contribution in [-0.2, 0) is 26.2 Å². The van der Waals surface area contributed by atoms with Gasteiger partial charge in [-0.25, -0.2) is 0 Å². The van der Waals surface area contributed by atoms with Gasteiger partial charge in [-0.05, 0) is 17.4 Å². The second kappa shape index (κ2) is 9.58. The Morgan fingerprint density at radius 3 is 2.40 bits per heavy atom. The molecule has 0 aliphatic carbocycles. The predicted molar refractivity (Wildman–Crippen MR) is 39.1 cm³/mol. The van der Waals surface area contributed by atoms with Crippen LogP contribution in [0.3, 0.4) is 0 Å². The van der Waals surface area contributed by atoms with Gasteiger partial charge < -0.3 is 0 Å². The van der Waals surface area contributed by atoms with Crippen molar-refractivity contribution in [1.29, 1.82) is 0 Å². The smallest absolute Gasteiger partial charge is 0.145 e. The Kier molecular flexibility index (Phi) is 12.6. The van der Waals surface area contributed by atoms with E-state index in [1.807, 2.05) is 6.92 Å². The Balaban J connectivity index is 0. The van der Waals surface area contributed by atoms with E-state index in [-0.39, 0.29) is 23.2 Å². The molecule has 2 unspecified atom stereocenters. The van der Waals surface area contributed by atoms with Crippen molar-refractivity contribution >= 4 is 8.69 Å². The zero-order valence-electron chi connectivity index (χ0n) is 6.37. The molecule has 4 heteroatoms. The minimum atomic E-state index is -0.595. The van der Waals surface area contributed by atoms with Crippen LogP contribution in [0.5, 0.6) is 0 Å². The van der Waals surface area contributed by atoms with Crippen molar-refractivity contribution in [2.24, 2.45) is 0 Å². The fourth-order valence-corrected chi connectivity index (χ4v) is 1.16. The third-order valence-corrected chi connectivity index (χ3v) is 1.71. The second-order valence-corrected chi connectivity index (χ2v) is 2.42. The van der Waals surface area contributed by atoms with Gasteiger partial charge in [-0.1, -0.05) is 20.3 Å². The van der Waals surface area contributed by atoms with Gasteiger partial charge in [0, 0.05) is 17.1 Å². The van der Waals surface area contributed by atoms with Gasteiger partial charge in [0.25, 0.3) is 0 Å². The quantitative estimate of drug-likeness (QED) is 0.509. The molecule has 0 rings (SSSR count). The molecular weight excluding hydrogens is 191 g/mol. The Morgan fingerprint density at radius 1 is 1.50 bits per heavy atom. The molecule has 2 atom stereocenters. The van der Waals surface area contributed by atoms with Crippen molar-refractivity contribution in [3.63, 3.8) is 0 Å². The summed E-state index contributed by atoms with van der Waals surface area (Å²) in [5.74, 6) is 0. The summed E-state index contributed by atoms with van der Waals surface area (Å²) in [6.07, 6.45) is 3.29. The SMILES string of the molecule is CCCC(CC)O[PH+]=O.[Fe]. The van der Waals surface area contributed by atoms with Gasteiger partial charge in [0.2, 0.25) is 0 Å². The molecule has 62 valence electrons. The standard InChI is InChI=1S/C6H14O2P.Fe/c1-3-5-6(4-2)8-9-7;/h6,9H,3-5H2,1-2H3;/q+1;. The Labute approximate surface area is 74.5 Å². The first-order valence-electron chi connectivity index (χ1n) is 3.37. The predicted octanol–water partition coefficient (Wildman–Crippen LogP) is 2.52. The maximum Gasteiger partial charge on any atom is 0.494 e. The van der Waals surface area contributed by atoms with Crippen LogP contribution in [0.4, 0.5) is 0 Å². The summed E-state index contributed by atoms with van der Waals surface area (Å²) < 4.78 is 14.9. The van der Waals surface area contributed by atoms with Crippen molar-refractivity contribution in [2.75, 3.05) is 0 Å². The Morgan fingerprint density at radius 2 is 2.10 bits per heavy atom. The normalized spacial score (nSPS) is 12.6. The molecule has 0 amide bonds. The molecule has 0 saturated heterocycles. The fraction of sp³-hybridized carbons (Fsp3) is 1.00. The summed E-state index contributed by atoms with van der Waals surface area (Å²) >= 11 is 0. The molecular formula is C6H14FeO2P+. The Hall–Kier alpha value is 0.579. The van der Waals surface area contributed by atoms with Gasteiger partial charge in [0.15, 0.2) is 0 Å². The molecule has 0 fully saturated rings. The molecule has 0 heterocycles. The Bertz CT molecular complexity index is 80.1. The van der Waals surface area contributed by atoms with Crippen LogP contribution in [0, 0.1) is 0 Å². The molecule has 0 aromatic rings. The zero-order chi connectivity index (χ0) is 7.11. The molecule has 2 nitrogen and oxygen atoms in total. The van der Waals surface area contributed by atoms with Crippen molar-refractivity contribution in [3.8, 4) is 0 Å². The number of rotatable bonds is 5. The molecule has 0 aromatic carbocycles. The third-order valence-electron chi connectivity index (χ3n) is 1.28. The summed E-state index contributed by atoms with van der Waals surface area (Å²) in [4.78, 5) is 0. The molecule has 0 radical (unpaired) electrons. The zero-order valence-corrected chi connectivity index (χ0v) is 8.47. The molecule has 0 aromatic heterocycles. The summed E-state index contributed by atoms with van der Waals surface area (Å²) in [5, 5.41) is 0. The topological polar surface area (TPSA) is 26.3 Å². The van der Waals surface area contributed by atoms with Crippen LogP contribution in [0.1, 0.15) is 33.1 Å². The van der Waals surface area contributed by atoms with Crippen LogP contribution >= 0.6 is 8.69 Å². The van der Waals surface area contributed by atoms with Crippen LogP contribution in [0.15, 0.2) is 0 Å². The van der Waals surface area contributed by atoms with E-state index in [2.05, 4.69) is 6.92 Å². The van der Waals surface area contributed by atoms with Crippen LogP contribution < -0.4 is 0 Å². The van der Waals surface area contributed by atoms with E-state index < -0.39 is 8.69 Å². The van der Waals surface area contributed by atoms with E-state index in [0.29, 0.717) is 0 Å². The van der Waals surface area contributed by atoms with Gasteiger partial charge in [-0.2, -0.15) is 0 Å². The minimum Gasteiger partial charge on any atom is -0.145 e. The summed E-state index contributed by atoms with van der Waals surface area (Å²) in [6, 6.07) is 0. The van der Waals surface area contributed by atoms with Crippen LogP contribution in [0.25, 0.3) is 0 Å². The van der Waals surface area contributed by atoms with E-state index >= 15 is 0 Å². The number of hydrogen-bond donors (Lipinski definition) is 0. The van der Waals surface area contributed by atoms with Crippen LogP contribution in [0.2, 0.25) is 0 Å². The summed E-state index contributed by atoms with van der Waals surface area (Å²) in [5.41, 5.74) is 0. The molecule has 0 N–H and O–H groups in total. The summed E-state index contributed by atoms with van der Waals surface area (Å²) in [6.45, 7) is 4.14. The van der Waals surface area contributed by atoms with E-state index in [1.165, 1.54) is 0 Å². The molecule has 0 saturated carbocycles. The largest absolute Gasteiger partial charge is 0.494 e. The van der Waals surface area contributed by atoms with E-state index in [9.17, 15) is 4.57 Å². The molecule has 0 aliphatic rings. The first-order valence-corrected chi connectivity index (χ1v) is 4.19. The van der Waals surface area contributed by atoms with Gasteiger partial charge in [-0.15, -0.1) is 4.52 Å². The molecule has 10 heavy (non-hydrogen) atoms. The number of hydrogen-bond acceptors (Lipinski definition) is 2. The average Bonchev–Trinajstić information content (AvgIpc) is 1.88. The van der Waals surface area contributed by atoms with Crippen molar-refractivity contribution in [3.05, 3.63) is 0 Å². The van der Waals surface area contributed by atoms with Crippen molar-refractivity contribution in [1.82, 2.24) is 0 Å². The van der Waals surface area contributed by atoms with Gasteiger partial charge in [-0.3, -0.25) is 0 Å². The maximum atomic E-state index is 9.98. The monoisotopic (exact) mass is 205 g/mol. The van der Waals surface area contributed by atoms with Crippen LogP contribution in [-0.4, -0.2) is 6.10 Å². The minimum absolute atomic E-state index is 0. The molecule has 0 bridgehead atoms. The first-order chi connectivity index (χ1) is 4.35. The summed E-state index contributed by atoms with van der Waals surface area (Å²) in [7, 11) is -0.595. The van der Waals surface area contributed by atoms with E-state index in [4.69, 9.17) is 4.52 Å². The van der Waals surface area contributed by atoms with Gasteiger partial charge in [0.1, 0.15) is 6.10 Å². The molecule has 0 aliphatic heterocycles. The van der Waals surface area contributed by atoms with Gasteiger partial charge in [0.05, 0.1) is 0 Å². The van der Waals surface area contributed by atoms with Gasteiger partial charge >= 0.3 is 8.69 Å². The molecule has 0 spiro atoms. The fourth-order valence-electron chi connectivity index (χ4n) is 0.736. The second-order valence-electron chi connectivity index (χ2n) is 2.02. The third kappa shape index (κ3) is 6.70. The van der Waals surface area contributed by atoms with Crippen molar-refractivity contribution < 1.29 is 26.2 Å². The van der Waals surface area contributed by atoms with Crippen molar-refractivity contribution in [2.45, 2.75) is 39.2 Å². The van der Waals surface area contributed by atoms with E-state index in [0.717, 1.165) is 19.3 Å². The maximum absolute atomic E-state index is 9.98. The first kappa shape index (κ1) is 13.2. The average molecular weight is 205 g/mol. The van der Waals surface area contributed by atoms with E-state index in [1.54, 1.807) is 0 Å².